The number of aromatic nitrogens is 4. The lowest BCUT2D eigenvalue weighted by Crippen LogP contribution is -2.36. The standard InChI is InChI=1S/C23H27N7O/c1-30-12-4-8-19-14-18(9-11-24-19)22-26-16-27-23(29-22)28-20-7-2-5-17(13-20)6-3-10-25-21(31)15-30/h2,5,7,9,11,13-14,16H,3-4,6,8,10,12,15H2,1H3,(H,25,31)(H,26,27,28,29). The Kier molecular flexibility index (Phi) is 6.78. The van der Waals surface area contributed by atoms with Gasteiger partial charge in [-0.05, 0) is 69.1 Å². The first-order valence-electron chi connectivity index (χ1n) is 10.6. The zero-order valence-electron chi connectivity index (χ0n) is 17.7. The van der Waals surface area contributed by atoms with Gasteiger partial charge in [-0.15, -0.1) is 0 Å². The number of fused-ring (bicyclic) bond motifs is 7. The first kappa shape index (κ1) is 20.9. The average Bonchev–Trinajstić information content (AvgIpc) is 2.77. The SMILES string of the molecule is CN1CCCc2cc(ccn2)-c2ncnc(n2)Nc2cccc(c2)CCCNC(=O)C1. The van der Waals surface area contributed by atoms with Gasteiger partial charge in [-0.25, -0.2) is 9.97 Å². The Morgan fingerprint density at radius 1 is 1.03 bits per heavy atom. The second-order valence-corrected chi connectivity index (χ2v) is 7.79. The molecule has 8 nitrogen and oxygen atoms in total. The van der Waals surface area contributed by atoms with Crippen LogP contribution in [0.2, 0.25) is 0 Å². The van der Waals surface area contributed by atoms with Gasteiger partial charge in [-0.3, -0.25) is 14.7 Å². The number of rotatable bonds is 0. The van der Waals surface area contributed by atoms with E-state index in [1.54, 1.807) is 6.20 Å². The summed E-state index contributed by atoms with van der Waals surface area (Å²) >= 11 is 0. The summed E-state index contributed by atoms with van der Waals surface area (Å²) in [5.74, 6) is 1.18. The van der Waals surface area contributed by atoms with E-state index >= 15 is 0 Å². The molecule has 0 spiro atoms. The third-order valence-corrected chi connectivity index (χ3v) is 5.18. The lowest BCUT2D eigenvalue weighted by Gasteiger charge is -2.16. The summed E-state index contributed by atoms with van der Waals surface area (Å²) in [6.45, 7) is 1.89. The van der Waals surface area contributed by atoms with E-state index < -0.39 is 0 Å². The molecular weight excluding hydrogens is 390 g/mol. The van der Waals surface area contributed by atoms with Crippen molar-refractivity contribution in [3.63, 3.8) is 0 Å². The molecule has 1 aliphatic heterocycles. The quantitative estimate of drug-likeness (QED) is 0.580. The number of aryl methyl sites for hydroxylation is 2. The number of carbonyl (C=O) groups excluding carboxylic acids is 1. The van der Waals surface area contributed by atoms with Crippen LogP contribution in [0.15, 0.2) is 48.9 Å². The number of amides is 1. The third-order valence-electron chi connectivity index (χ3n) is 5.18. The van der Waals surface area contributed by atoms with Gasteiger partial charge in [0.1, 0.15) is 6.33 Å². The minimum atomic E-state index is 0.0640. The van der Waals surface area contributed by atoms with Crippen LogP contribution < -0.4 is 10.6 Å². The predicted molar refractivity (Wildman–Crippen MR) is 120 cm³/mol. The second-order valence-electron chi connectivity index (χ2n) is 7.79. The topological polar surface area (TPSA) is 95.9 Å². The van der Waals surface area contributed by atoms with E-state index in [0.29, 0.717) is 24.9 Å². The molecule has 0 unspecified atom stereocenters. The fourth-order valence-electron chi connectivity index (χ4n) is 3.61. The summed E-state index contributed by atoms with van der Waals surface area (Å²) in [4.78, 5) is 31.9. The molecule has 2 N–H and O–H groups in total. The van der Waals surface area contributed by atoms with Crippen molar-refractivity contribution in [1.29, 1.82) is 0 Å². The highest BCUT2D eigenvalue weighted by atomic mass is 16.2. The van der Waals surface area contributed by atoms with Crippen LogP contribution in [0, 0.1) is 0 Å². The molecule has 1 aliphatic rings. The Morgan fingerprint density at radius 3 is 2.90 bits per heavy atom. The van der Waals surface area contributed by atoms with Gasteiger partial charge in [0.15, 0.2) is 5.82 Å². The van der Waals surface area contributed by atoms with Crippen LogP contribution in [0.5, 0.6) is 0 Å². The number of nitrogens with one attached hydrogen (secondary N) is 2. The van der Waals surface area contributed by atoms with Gasteiger partial charge in [-0.1, -0.05) is 12.1 Å². The second kappa shape index (κ2) is 10.1. The summed E-state index contributed by atoms with van der Waals surface area (Å²) < 4.78 is 0. The van der Waals surface area contributed by atoms with Crippen LogP contribution in [0.4, 0.5) is 11.6 Å². The van der Waals surface area contributed by atoms with Crippen LogP contribution in [0.25, 0.3) is 11.4 Å². The van der Waals surface area contributed by atoms with Crippen molar-refractivity contribution in [2.45, 2.75) is 25.7 Å². The van der Waals surface area contributed by atoms with Crippen molar-refractivity contribution in [1.82, 2.24) is 30.2 Å². The number of likely N-dealkylation sites (N-methyl/N-ethyl adjacent to an activating group) is 1. The zero-order chi connectivity index (χ0) is 21.5. The van der Waals surface area contributed by atoms with Crippen LogP contribution in [-0.4, -0.2) is 57.4 Å². The van der Waals surface area contributed by atoms with Crippen molar-refractivity contribution < 1.29 is 4.79 Å². The maximum Gasteiger partial charge on any atom is 0.234 e. The van der Waals surface area contributed by atoms with E-state index in [1.165, 1.54) is 11.9 Å². The largest absolute Gasteiger partial charge is 0.355 e. The first-order chi connectivity index (χ1) is 15.2. The number of anilines is 2. The molecular formula is C23H27N7O. The van der Waals surface area contributed by atoms with E-state index in [0.717, 1.165) is 49.2 Å². The lowest BCUT2D eigenvalue weighted by molar-refractivity contribution is -0.121. The lowest BCUT2D eigenvalue weighted by atomic mass is 10.1. The third kappa shape index (κ3) is 6.05. The average molecular weight is 418 g/mol. The van der Waals surface area contributed by atoms with E-state index in [1.807, 2.05) is 36.2 Å². The molecule has 31 heavy (non-hydrogen) atoms. The molecule has 0 aliphatic carbocycles. The smallest absolute Gasteiger partial charge is 0.234 e. The van der Waals surface area contributed by atoms with E-state index in [2.05, 4.69) is 42.7 Å². The zero-order valence-corrected chi connectivity index (χ0v) is 17.7. The van der Waals surface area contributed by atoms with Crippen LogP contribution >= 0.6 is 0 Å². The minimum Gasteiger partial charge on any atom is -0.355 e. The number of nitrogens with zero attached hydrogens (tertiary/aromatic N) is 5. The van der Waals surface area contributed by atoms with Crippen molar-refractivity contribution in [3.05, 3.63) is 60.2 Å². The number of hydrogen-bond donors (Lipinski definition) is 2. The maximum atomic E-state index is 12.2. The molecule has 8 heteroatoms. The molecule has 6 bridgehead atoms. The summed E-state index contributed by atoms with van der Waals surface area (Å²) in [5.41, 5.74) is 4.00. The van der Waals surface area contributed by atoms with Crippen molar-refractivity contribution in [3.8, 4) is 11.4 Å². The molecule has 0 saturated carbocycles. The van der Waals surface area contributed by atoms with Crippen molar-refractivity contribution in [2.24, 2.45) is 0 Å². The maximum absolute atomic E-state index is 12.2. The van der Waals surface area contributed by atoms with E-state index in [-0.39, 0.29) is 5.91 Å². The van der Waals surface area contributed by atoms with E-state index in [4.69, 9.17) is 0 Å². The summed E-state index contributed by atoms with van der Waals surface area (Å²) in [6.07, 6.45) is 6.82. The van der Waals surface area contributed by atoms with E-state index in [9.17, 15) is 4.79 Å². The molecule has 160 valence electrons. The Morgan fingerprint density at radius 2 is 1.97 bits per heavy atom. The number of benzene rings is 1. The summed E-state index contributed by atoms with van der Waals surface area (Å²) in [6, 6.07) is 12.1. The highest BCUT2D eigenvalue weighted by Gasteiger charge is 2.09. The molecule has 0 radical (unpaired) electrons. The Hall–Kier alpha value is -3.39. The van der Waals surface area contributed by atoms with Gasteiger partial charge < -0.3 is 10.6 Å². The number of pyridine rings is 1. The van der Waals surface area contributed by atoms with Crippen molar-refractivity contribution in [2.75, 3.05) is 32.0 Å². The fourth-order valence-corrected chi connectivity index (χ4v) is 3.61. The molecule has 0 atom stereocenters. The van der Waals surface area contributed by atoms with Gasteiger partial charge in [-0.2, -0.15) is 4.98 Å². The van der Waals surface area contributed by atoms with Gasteiger partial charge in [0.25, 0.3) is 0 Å². The highest BCUT2D eigenvalue weighted by molar-refractivity contribution is 5.77. The summed E-state index contributed by atoms with van der Waals surface area (Å²) in [5, 5.41) is 6.29. The first-order valence-corrected chi connectivity index (χ1v) is 10.6. The van der Waals surface area contributed by atoms with Crippen LogP contribution in [-0.2, 0) is 17.6 Å². The predicted octanol–water partition coefficient (Wildman–Crippen LogP) is 2.60. The normalized spacial score (nSPS) is 16.1. The molecule has 4 rings (SSSR count). The summed E-state index contributed by atoms with van der Waals surface area (Å²) in [7, 11) is 1.97. The Balaban J connectivity index is 1.59. The minimum absolute atomic E-state index is 0.0640. The molecule has 2 aromatic heterocycles. The van der Waals surface area contributed by atoms with Gasteiger partial charge in [0, 0.05) is 29.7 Å². The molecule has 3 heterocycles. The Labute approximate surface area is 182 Å². The molecule has 0 saturated heterocycles. The molecule has 0 fully saturated rings. The Bertz CT molecular complexity index is 1040. The fraction of sp³-hybridized carbons (Fsp3) is 0.348. The van der Waals surface area contributed by atoms with Gasteiger partial charge in [0.2, 0.25) is 11.9 Å². The molecule has 1 amide bonds. The van der Waals surface area contributed by atoms with Crippen LogP contribution in [0.1, 0.15) is 24.1 Å². The van der Waals surface area contributed by atoms with Gasteiger partial charge in [0.05, 0.1) is 6.54 Å². The molecule has 3 aromatic rings. The van der Waals surface area contributed by atoms with Crippen LogP contribution in [0.3, 0.4) is 0 Å². The number of hydrogen-bond acceptors (Lipinski definition) is 7. The van der Waals surface area contributed by atoms with Crippen molar-refractivity contribution >= 4 is 17.5 Å². The highest BCUT2D eigenvalue weighted by Crippen LogP contribution is 2.19. The molecule has 1 aromatic carbocycles. The monoisotopic (exact) mass is 417 g/mol. The number of carbonyl (C=O) groups is 1. The van der Waals surface area contributed by atoms with Gasteiger partial charge >= 0.3 is 0 Å².